The number of ether oxygens (including phenoxy) is 2. The van der Waals surface area contributed by atoms with Crippen LogP contribution in [-0.4, -0.2) is 27.8 Å². The number of phenolic OH excluding ortho intramolecular Hbond substituents is 1. The van der Waals surface area contributed by atoms with Gasteiger partial charge in [-0.2, -0.15) is 0 Å². The van der Waals surface area contributed by atoms with E-state index in [0.29, 0.717) is 17.9 Å². The number of halogens is 3. The summed E-state index contributed by atoms with van der Waals surface area (Å²) in [6.45, 7) is 0. The number of anilines is 1. The largest absolute Gasteiger partial charge is 0.573 e. The minimum atomic E-state index is -4.83. The van der Waals surface area contributed by atoms with Gasteiger partial charge in [-0.3, -0.25) is 0 Å². The third-order valence-electron chi connectivity index (χ3n) is 4.47. The van der Waals surface area contributed by atoms with Crippen molar-refractivity contribution in [2.75, 3.05) is 5.73 Å². The van der Waals surface area contributed by atoms with Crippen LogP contribution in [0.5, 0.6) is 11.5 Å². The molecular formula is C16H14F3N3O3. The van der Waals surface area contributed by atoms with E-state index < -0.39 is 12.1 Å². The molecule has 2 aliphatic rings. The standard InChI is InChI=1S/C16H14F3N3O3/c17-16(18,19)25-8-1-3-9(11(23)6-8)14-13-10(15(20)22-21-14)5-7-2-4-12(13)24-7/h1,3,6-7,12,23H,2,4-5H2,(H2,20,22). The van der Waals surface area contributed by atoms with Crippen LogP contribution in [0.25, 0.3) is 11.3 Å². The van der Waals surface area contributed by atoms with Gasteiger partial charge in [0.2, 0.25) is 0 Å². The summed E-state index contributed by atoms with van der Waals surface area (Å²) in [4.78, 5) is 0. The van der Waals surface area contributed by atoms with Gasteiger partial charge in [0.25, 0.3) is 0 Å². The molecule has 0 spiro atoms. The third kappa shape index (κ3) is 2.84. The highest BCUT2D eigenvalue weighted by Crippen LogP contribution is 2.47. The molecule has 2 bridgehead atoms. The molecule has 0 amide bonds. The Kier molecular flexibility index (Phi) is 3.50. The number of rotatable bonds is 2. The van der Waals surface area contributed by atoms with Crippen molar-refractivity contribution in [2.24, 2.45) is 0 Å². The number of benzene rings is 1. The molecule has 25 heavy (non-hydrogen) atoms. The Morgan fingerprint density at radius 1 is 1.24 bits per heavy atom. The molecule has 0 saturated carbocycles. The molecule has 1 fully saturated rings. The maximum atomic E-state index is 12.3. The smallest absolute Gasteiger partial charge is 0.507 e. The topological polar surface area (TPSA) is 90.5 Å². The van der Waals surface area contributed by atoms with Gasteiger partial charge in [0.15, 0.2) is 0 Å². The van der Waals surface area contributed by atoms with Gasteiger partial charge >= 0.3 is 6.36 Å². The summed E-state index contributed by atoms with van der Waals surface area (Å²) in [5.41, 5.74) is 8.14. The Balaban J connectivity index is 1.79. The Bertz CT molecular complexity index is 841. The molecule has 1 saturated heterocycles. The highest BCUT2D eigenvalue weighted by atomic mass is 19.4. The van der Waals surface area contributed by atoms with E-state index in [4.69, 9.17) is 10.5 Å². The molecule has 0 aliphatic carbocycles. The SMILES string of the molecule is Nc1nnc(-c2ccc(OC(F)(F)F)cc2O)c2c1CC1CCC2O1. The molecule has 4 rings (SSSR count). The molecule has 2 aliphatic heterocycles. The van der Waals surface area contributed by atoms with Crippen LogP contribution in [0.2, 0.25) is 0 Å². The highest BCUT2D eigenvalue weighted by molar-refractivity contribution is 5.73. The number of aromatic nitrogens is 2. The number of nitrogen functional groups attached to an aromatic ring is 1. The molecule has 6 nitrogen and oxygen atoms in total. The zero-order valence-electron chi connectivity index (χ0n) is 12.9. The molecule has 0 radical (unpaired) electrons. The van der Waals surface area contributed by atoms with E-state index in [0.717, 1.165) is 36.1 Å². The first-order valence-electron chi connectivity index (χ1n) is 7.71. The summed E-state index contributed by atoms with van der Waals surface area (Å²) < 4.78 is 46.6. The normalized spacial score (nSPS) is 21.9. The lowest BCUT2D eigenvalue weighted by Gasteiger charge is -2.26. The fourth-order valence-electron chi connectivity index (χ4n) is 3.46. The van der Waals surface area contributed by atoms with Crippen LogP contribution in [0, 0.1) is 0 Å². The monoisotopic (exact) mass is 353 g/mol. The maximum Gasteiger partial charge on any atom is 0.573 e. The van der Waals surface area contributed by atoms with Crippen molar-refractivity contribution < 1.29 is 27.8 Å². The number of fused-ring (bicyclic) bond motifs is 4. The second kappa shape index (κ2) is 5.48. The lowest BCUT2D eigenvalue weighted by Crippen LogP contribution is -2.21. The number of nitrogens with two attached hydrogens (primary N) is 1. The van der Waals surface area contributed by atoms with E-state index in [1.165, 1.54) is 6.07 Å². The lowest BCUT2D eigenvalue weighted by atomic mass is 9.94. The molecule has 2 unspecified atom stereocenters. The van der Waals surface area contributed by atoms with Crippen molar-refractivity contribution in [3.63, 3.8) is 0 Å². The van der Waals surface area contributed by atoms with Crippen LogP contribution >= 0.6 is 0 Å². The minimum absolute atomic E-state index is 0.0907. The number of nitrogens with zero attached hydrogens (tertiary/aromatic N) is 2. The van der Waals surface area contributed by atoms with Gasteiger partial charge in [0.05, 0.1) is 12.2 Å². The summed E-state index contributed by atoms with van der Waals surface area (Å²) in [7, 11) is 0. The zero-order valence-corrected chi connectivity index (χ0v) is 12.9. The quantitative estimate of drug-likeness (QED) is 0.862. The number of phenols is 1. The number of alkyl halides is 3. The molecule has 3 N–H and O–H groups in total. The predicted molar refractivity (Wildman–Crippen MR) is 80.8 cm³/mol. The molecule has 2 aromatic rings. The summed E-state index contributed by atoms with van der Waals surface area (Å²) in [5.74, 6) is -0.582. The van der Waals surface area contributed by atoms with Crippen molar-refractivity contribution in [3.05, 3.63) is 29.3 Å². The number of hydrogen-bond acceptors (Lipinski definition) is 6. The molecular weight excluding hydrogens is 339 g/mol. The van der Waals surface area contributed by atoms with Crippen LogP contribution in [0.1, 0.15) is 30.1 Å². The highest BCUT2D eigenvalue weighted by Gasteiger charge is 2.38. The van der Waals surface area contributed by atoms with Crippen LogP contribution in [-0.2, 0) is 11.2 Å². The van der Waals surface area contributed by atoms with E-state index in [1.54, 1.807) is 0 Å². The van der Waals surface area contributed by atoms with E-state index in [1.807, 2.05) is 0 Å². The van der Waals surface area contributed by atoms with Crippen LogP contribution in [0.3, 0.4) is 0 Å². The lowest BCUT2D eigenvalue weighted by molar-refractivity contribution is -0.274. The second-order valence-electron chi connectivity index (χ2n) is 6.08. The molecule has 1 aromatic carbocycles. The first kappa shape index (κ1) is 15.9. The van der Waals surface area contributed by atoms with E-state index in [-0.39, 0.29) is 23.5 Å². The van der Waals surface area contributed by atoms with E-state index >= 15 is 0 Å². The molecule has 2 atom stereocenters. The number of aromatic hydroxyl groups is 1. The zero-order chi connectivity index (χ0) is 17.8. The average Bonchev–Trinajstić information content (AvgIpc) is 2.89. The number of hydrogen-bond donors (Lipinski definition) is 2. The van der Waals surface area contributed by atoms with Crippen molar-refractivity contribution >= 4 is 5.82 Å². The second-order valence-corrected chi connectivity index (χ2v) is 6.08. The van der Waals surface area contributed by atoms with Crippen molar-refractivity contribution in [3.8, 4) is 22.8 Å². The summed E-state index contributed by atoms with van der Waals surface area (Å²) in [6, 6.07) is 3.33. The van der Waals surface area contributed by atoms with Gasteiger partial charge in [-0.05, 0) is 25.0 Å². The predicted octanol–water partition coefficient (Wildman–Crippen LogP) is 3.11. The Morgan fingerprint density at radius 2 is 2.04 bits per heavy atom. The summed E-state index contributed by atoms with van der Waals surface area (Å²) in [6.07, 6.45) is -2.65. The molecule has 132 valence electrons. The van der Waals surface area contributed by atoms with Gasteiger partial charge in [0, 0.05) is 29.2 Å². The van der Waals surface area contributed by atoms with Gasteiger partial charge < -0.3 is 20.3 Å². The molecule has 1 aromatic heterocycles. The fourth-order valence-corrected chi connectivity index (χ4v) is 3.46. The summed E-state index contributed by atoms with van der Waals surface area (Å²) in [5, 5.41) is 18.2. The third-order valence-corrected chi connectivity index (χ3v) is 4.47. The molecule has 3 heterocycles. The van der Waals surface area contributed by atoms with Crippen LogP contribution < -0.4 is 10.5 Å². The van der Waals surface area contributed by atoms with Gasteiger partial charge in [-0.25, -0.2) is 0 Å². The first-order valence-corrected chi connectivity index (χ1v) is 7.71. The maximum absolute atomic E-state index is 12.3. The minimum Gasteiger partial charge on any atom is -0.507 e. The van der Waals surface area contributed by atoms with E-state index in [2.05, 4.69) is 14.9 Å². The van der Waals surface area contributed by atoms with Gasteiger partial charge in [0.1, 0.15) is 23.0 Å². The Morgan fingerprint density at radius 3 is 2.76 bits per heavy atom. The van der Waals surface area contributed by atoms with E-state index in [9.17, 15) is 18.3 Å². The van der Waals surface area contributed by atoms with Gasteiger partial charge in [-0.15, -0.1) is 23.4 Å². The van der Waals surface area contributed by atoms with Crippen LogP contribution in [0.15, 0.2) is 18.2 Å². The Labute approximate surface area is 140 Å². The van der Waals surface area contributed by atoms with Gasteiger partial charge in [-0.1, -0.05) is 0 Å². The van der Waals surface area contributed by atoms with Crippen molar-refractivity contribution in [1.82, 2.24) is 10.2 Å². The molecule has 9 heteroatoms. The average molecular weight is 353 g/mol. The van der Waals surface area contributed by atoms with Crippen molar-refractivity contribution in [2.45, 2.75) is 37.8 Å². The van der Waals surface area contributed by atoms with Crippen molar-refractivity contribution in [1.29, 1.82) is 0 Å². The summed E-state index contributed by atoms with van der Waals surface area (Å²) >= 11 is 0. The fraction of sp³-hybridized carbons (Fsp3) is 0.375. The van der Waals surface area contributed by atoms with Crippen LogP contribution in [0.4, 0.5) is 19.0 Å². The first-order chi connectivity index (χ1) is 11.8. The Hall–Kier alpha value is -2.55.